The lowest BCUT2D eigenvalue weighted by Crippen LogP contribution is -1.92. The molecular weight excluding hydrogens is 566 g/mol. The van der Waals surface area contributed by atoms with E-state index >= 15 is 0 Å². The summed E-state index contributed by atoms with van der Waals surface area (Å²) in [5.41, 5.74) is 10.4. The van der Waals surface area contributed by atoms with Gasteiger partial charge in [-0.05, 0) is 47.5 Å². The van der Waals surface area contributed by atoms with Crippen LogP contribution in [0.2, 0.25) is 0 Å². The molecule has 214 valence electrons. The van der Waals surface area contributed by atoms with Crippen molar-refractivity contribution in [2.45, 2.75) is 0 Å². The third kappa shape index (κ3) is 4.58. The van der Waals surface area contributed by atoms with Crippen LogP contribution in [-0.4, -0.2) is 34.9 Å². The predicted octanol–water partition coefficient (Wildman–Crippen LogP) is 8.73. The Hall–Kier alpha value is -6.47. The summed E-state index contributed by atoms with van der Waals surface area (Å²) in [5.74, 6) is 0.553. The first-order chi connectivity index (χ1) is 22.7. The maximum Gasteiger partial charge on any atom is 0.181 e. The van der Waals surface area contributed by atoms with Crippen molar-refractivity contribution < 1.29 is 0 Å². The van der Waals surface area contributed by atoms with E-state index in [0.29, 0.717) is 11.5 Å². The lowest BCUT2D eigenvalue weighted by Gasteiger charge is -2.09. The Balaban J connectivity index is 1.04. The Morgan fingerprint density at radius 3 is 1.54 bits per heavy atom. The van der Waals surface area contributed by atoms with Crippen LogP contribution in [0.5, 0.6) is 0 Å². The van der Waals surface area contributed by atoms with Crippen LogP contribution in [-0.2, 0) is 0 Å². The van der Waals surface area contributed by atoms with Gasteiger partial charge in [0.2, 0.25) is 0 Å². The number of rotatable bonds is 4. The molecule has 9 rings (SSSR count). The SMILES string of the molecule is c1cnc2c(c1)ccc1ccc(-c3ccc(-c4ccc5ccc(-c6ccc7ccc(-c8ncncn8)nc7c6)cc5n4)cc3)nc12. The van der Waals surface area contributed by atoms with Crippen LogP contribution in [0, 0.1) is 0 Å². The minimum Gasteiger partial charge on any atom is -0.254 e. The lowest BCUT2D eigenvalue weighted by atomic mass is 10.0. The van der Waals surface area contributed by atoms with E-state index < -0.39 is 0 Å². The second kappa shape index (κ2) is 10.6. The molecule has 0 radical (unpaired) electrons. The van der Waals surface area contributed by atoms with Gasteiger partial charge in [0.25, 0.3) is 0 Å². The zero-order valence-corrected chi connectivity index (χ0v) is 24.4. The molecule has 4 aromatic carbocycles. The van der Waals surface area contributed by atoms with E-state index in [9.17, 15) is 0 Å². The van der Waals surface area contributed by atoms with E-state index in [-0.39, 0.29) is 0 Å². The maximum absolute atomic E-state index is 5.06. The van der Waals surface area contributed by atoms with Crippen molar-refractivity contribution in [3.63, 3.8) is 0 Å². The van der Waals surface area contributed by atoms with Gasteiger partial charge in [-0.25, -0.2) is 29.9 Å². The van der Waals surface area contributed by atoms with Gasteiger partial charge in [0.05, 0.1) is 33.5 Å². The third-order valence-corrected chi connectivity index (χ3v) is 8.35. The monoisotopic (exact) mass is 589 g/mol. The van der Waals surface area contributed by atoms with Crippen LogP contribution in [0.25, 0.3) is 88.8 Å². The molecule has 0 amide bonds. The number of benzene rings is 4. The molecule has 0 aliphatic heterocycles. The Morgan fingerprint density at radius 1 is 0.370 bits per heavy atom. The Bertz CT molecular complexity index is 2580. The van der Waals surface area contributed by atoms with Crippen molar-refractivity contribution >= 4 is 43.6 Å². The van der Waals surface area contributed by atoms with Crippen LogP contribution >= 0.6 is 0 Å². The number of hydrogen-bond donors (Lipinski definition) is 0. The number of nitrogens with zero attached hydrogens (tertiary/aromatic N) is 7. The van der Waals surface area contributed by atoms with Gasteiger partial charge in [0, 0.05) is 38.9 Å². The maximum atomic E-state index is 5.06. The van der Waals surface area contributed by atoms with Crippen LogP contribution in [0.4, 0.5) is 0 Å². The highest BCUT2D eigenvalue weighted by Gasteiger charge is 2.10. The van der Waals surface area contributed by atoms with E-state index in [1.54, 1.807) is 0 Å². The Labute approximate surface area is 263 Å². The van der Waals surface area contributed by atoms with Crippen molar-refractivity contribution in [3.05, 3.63) is 140 Å². The molecule has 0 bridgehead atoms. The Morgan fingerprint density at radius 2 is 0.870 bits per heavy atom. The topological polar surface area (TPSA) is 90.2 Å². The Kier molecular flexibility index (Phi) is 5.99. The molecule has 7 heteroatoms. The molecule has 0 spiro atoms. The normalized spacial score (nSPS) is 11.5. The van der Waals surface area contributed by atoms with E-state index in [2.05, 4.69) is 123 Å². The highest BCUT2D eigenvalue weighted by molar-refractivity contribution is 6.03. The molecule has 9 aromatic rings. The fourth-order valence-corrected chi connectivity index (χ4v) is 5.95. The summed E-state index contributed by atoms with van der Waals surface area (Å²) >= 11 is 0. The number of pyridine rings is 4. The van der Waals surface area contributed by atoms with Crippen molar-refractivity contribution in [2.75, 3.05) is 0 Å². The summed E-state index contributed by atoms with van der Waals surface area (Å²) < 4.78 is 0. The van der Waals surface area contributed by atoms with E-state index in [1.165, 1.54) is 12.7 Å². The highest BCUT2D eigenvalue weighted by Crippen LogP contribution is 2.31. The van der Waals surface area contributed by atoms with E-state index in [0.717, 1.165) is 77.3 Å². The van der Waals surface area contributed by atoms with Gasteiger partial charge >= 0.3 is 0 Å². The largest absolute Gasteiger partial charge is 0.254 e. The second-order valence-electron chi connectivity index (χ2n) is 11.2. The predicted molar refractivity (Wildman–Crippen MR) is 183 cm³/mol. The smallest absolute Gasteiger partial charge is 0.181 e. The minimum atomic E-state index is 0.553. The first-order valence-electron chi connectivity index (χ1n) is 14.9. The number of aromatic nitrogens is 7. The fourth-order valence-electron chi connectivity index (χ4n) is 5.95. The molecule has 0 N–H and O–H groups in total. The summed E-state index contributed by atoms with van der Waals surface area (Å²) in [7, 11) is 0. The van der Waals surface area contributed by atoms with Crippen molar-refractivity contribution in [3.8, 4) is 45.2 Å². The molecule has 7 nitrogen and oxygen atoms in total. The van der Waals surface area contributed by atoms with Gasteiger partial charge in [-0.15, -0.1) is 0 Å². The molecule has 5 heterocycles. The molecule has 0 saturated carbocycles. The molecular formula is C39H23N7. The summed E-state index contributed by atoms with van der Waals surface area (Å²) in [6, 6.07) is 41.7. The van der Waals surface area contributed by atoms with Gasteiger partial charge in [-0.1, -0.05) is 84.9 Å². The van der Waals surface area contributed by atoms with Crippen molar-refractivity contribution in [1.29, 1.82) is 0 Å². The van der Waals surface area contributed by atoms with Gasteiger partial charge in [0.1, 0.15) is 18.3 Å². The van der Waals surface area contributed by atoms with Gasteiger partial charge in [-0.2, -0.15) is 0 Å². The number of fused-ring (bicyclic) bond motifs is 5. The summed E-state index contributed by atoms with van der Waals surface area (Å²) in [6.45, 7) is 0. The fraction of sp³-hybridized carbons (Fsp3) is 0. The zero-order chi connectivity index (χ0) is 30.5. The molecule has 0 unspecified atom stereocenters. The molecule has 0 aliphatic carbocycles. The summed E-state index contributed by atoms with van der Waals surface area (Å²) in [4.78, 5) is 31.9. The minimum absolute atomic E-state index is 0.553. The molecule has 46 heavy (non-hydrogen) atoms. The van der Waals surface area contributed by atoms with Gasteiger partial charge in [-0.3, -0.25) is 4.98 Å². The molecule has 0 fully saturated rings. The second-order valence-corrected chi connectivity index (χ2v) is 11.2. The summed E-state index contributed by atoms with van der Waals surface area (Å²) in [5, 5.41) is 4.30. The third-order valence-electron chi connectivity index (χ3n) is 8.35. The van der Waals surface area contributed by atoms with E-state index in [1.807, 2.05) is 24.4 Å². The van der Waals surface area contributed by atoms with Crippen LogP contribution in [0.3, 0.4) is 0 Å². The van der Waals surface area contributed by atoms with Gasteiger partial charge in [0.15, 0.2) is 5.82 Å². The van der Waals surface area contributed by atoms with Crippen LogP contribution < -0.4 is 0 Å². The van der Waals surface area contributed by atoms with Crippen LogP contribution in [0.1, 0.15) is 0 Å². The molecule has 0 atom stereocenters. The molecule has 0 aliphatic rings. The first-order valence-corrected chi connectivity index (χ1v) is 14.9. The number of hydrogen-bond acceptors (Lipinski definition) is 7. The quantitative estimate of drug-likeness (QED) is 0.190. The standard InChI is InChI=1S/C39H23N7/c1-2-28-9-10-29-15-17-33(46-38(29)37(28)41-19-1)25-5-3-24(4-6-25)32-16-13-26-7-11-30(20-35(26)44-32)31-12-8-27-14-18-34(45-36(27)21-31)39-42-22-40-23-43-39/h1-23H. The lowest BCUT2D eigenvalue weighted by molar-refractivity contribution is 1.05. The first kappa shape index (κ1) is 26.0. The zero-order valence-electron chi connectivity index (χ0n) is 24.4. The highest BCUT2D eigenvalue weighted by atomic mass is 15.0. The van der Waals surface area contributed by atoms with Crippen molar-refractivity contribution in [2.24, 2.45) is 0 Å². The summed E-state index contributed by atoms with van der Waals surface area (Å²) in [6.07, 6.45) is 4.78. The van der Waals surface area contributed by atoms with E-state index in [4.69, 9.17) is 15.0 Å². The average molecular weight is 590 g/mol. The van der Waals surface area contributed by atoms with Crippen molar-refractivity contribution in [1.82, 2.24) is 34.9 Å². The van der Waals surface area contributed by atoms with Crippen LogP contribution in [0.15, 0.2) is 140 Å². The average Bonchev–Trinajstić information content (AvgIpc) is 3.14. The van der Waals surface area contributed by atoms with Gasteiger partial charge < -0.3 is 0 Å². The molecule has 5 aromatic heterocycles. The molecule has 0 saturated heterocycles.